The minimum Gasteiger partial charge on any atom is -0.396 e. The molecule has 0 amide bonds. The molecule has 0 aliphatic carbocycles. The lowest BCUT2D eigenvalue weighted by atomic mass is 10.1. The van der Waals surface area contributed by atoms with Gasteiger partial charge in [-0.2, -0.15) is 0 Å². The van der Waals surface area contributed by atoms with Gasteiger partial charge in [-0.3, -0.25) is 0 Å². The largest absolute Gasteiger partial charge is 0.396 e. The van der Waals surface area contributed by atoms with E-state index in [1.165, 1.54) is 0 Å². The Morgan fingerprint density at radius 1 is 1.13 bits per heavy atom. The summed E-state index contributed by atoms with van der Waals surface area (Å²) in [6.07, 6.45) is 0.637. The fraction of sp³-hybridized carbons (Fsp3) is 0.188. The van der Waals surface area contributed by atoms with Crippen molar-refractivity contribution < 1.29 is 5.11 Å². The van der Waals surface area contributed by atoms with E-state index >= 15 is 0 Å². The molecule has 1 aromatic carbocycles. The first kappa shape index (κ1) is 15.9. The number of hydrogen-bond acceptors (Lipinski definition) is 6. The molecule has 3 aromatic rings. The fourth-order valence-corrected chi connectivity index (χ4v) is 2.83. The van der Waals surface area contributed by atoms with Crippen LogP contribution < -0.4 is 5.32 Å². The van der Waals surface area contributed by atoms with E-state index in [0.717, 1.165) is 10.4 Å². The zero-order valence-corrected chi connectivity index (χ0v) is 13.8. The zero-order valence-electron chi connectivity index (χ0n) is 12.2. The molecule has 7 heteroatoms. The van der Waals surface area contributed by atoms with Crippen LogP contribution in [0.1, 0.15) is 6.42 Å². The van der Waals surface area contributed by atoms with Crippen LogP contribution in [0.15, 0.2) is 41.8 Å². The van der Waals surface area contributed by atoms with Crippen molar-refractivity contribution in [2.45, 2.75) is 6.42 Å². The standard InChI is InChI=1S/C16H15ClN4OS/c17-12-6-4-11(5-7-12)14-16(18-8-2-9-22)19-15(21-20-14)13-3-1-10-23-13/h1,3-7,10,22H,2,8-9H2,(H,18,19,21). The van der Waals surface area contributed by atoms with Gasteiger partial charge < -0.3 is 10.4 Å². The lowest BCUT2D eigenvalue weighted by Gasteiger charge is -2.10. The minimum atomic E-state index is 0.125. The van der Waals surface area contributed by atoms with Gasteiger partial charge in [-0.1, -0.05) is 29.8 Å². The number of halogens is 1. The van der Waals surface area contributed by atoms with Gasteiger partial charge >= 0.3 is 0 Å². The van der Waals surface area contributed by atoms with E-state index in [-0.39, 0.29) is 6.61 Å². The molecule has 0 atom stereocenters. The molecule has 0 aliphatic rings. The van der Waals surface area contributed by atoms with Crippen molar-refractivity contribution in [2.75, 3.05) is 18.5 Å². The van der Waals surface area contributed by atoms with Crippen LogP contribution in [0.2, 0.25) is 5.02 Å². The van der Waals surface area contributed by atoms with Gasteiger partial charge in [-0.25, -0.2) is 4.98 Å². The summed E-state index contributed by atoms with van der Waals surface area (Å²) in [6.45, 7) is 0.735. The van der Waals surface area contributed by atoms with E-state index in [0.29, 0.717) is 35.3 Å². The van der Waals surface area contributed by atoms with Crippen LogP contribution in [0.3, 0.4) is 0 Å². The van der Waals surface area contributed by atoms with Gasteiger partial charge in [0.15, 0.2) is 11.6 Å². The van der Waals surface area contributed by atoms with Crippen LogP contribution in [0, 0.1) is 0 Å². The lowest BCUT2D eigenvalue weighted by molar-refractivity contribution is 0.292. The number of aromatic nitrogens is 3. The zero-order chi connectivity index (χ0) is 16.1. The molecule has 0 radical (unpaired) electrons. The number of nitrogens with zero attached hydrogens (tertiary/aromatic N) is 3. The third-order valence-corrected chi connectivity index (χ3v) is 4.29. The molecule has 3 rings (SSSR count). The van der Waals surface area contributed by atoms with Crippen molar-refractivity contribution in [2.24, 2.45) is 0 Å². The molecule has 2 N–H and O–H groups in total. The highest BCUT2D eigenvalue weighted by molar-refractivity contribution is 7.13. The number of thiophene rings is 1. The molecular weight excluding hydrogens is 332 g/mol. The smallest absolute Gasteiger partial charge is 0.193 e. The summed E-state index contributed by atoms with van der Waals surface area (Å²) < 4.78 is 0. The minimum absolute atomic E-state index is 0.125. The molecule has 0 bridgehead atoms. The lowest BCUT2D eigenvalue weighted by Crippen LogP contribution is -2.09. The maximum Gasteiger partial charge on any atom is 0.193 e. The van der Waals surface area contributed by atoms with Crippen molar-refractivity contribution in [3.63, 3.8) is 0 Å². The van der Waals surface area contributed by atoms with E-state index in [1.807, 2.05) is 41.8 Å². The first-order chi connectivity index (χ1) is 11.3. The average molecular weight is 347 g/mol. The monoisotopic (exact) mass is 346 g/mol. The molecule has 0 spiro atoms. The van der Waals surface area contributed by atoms with Crippen LogP contribution in [-0.2, 0) is 0 Å². The number of benzene rings is 1. The number of anilines is 1. The highest BCUT2D eigenvalue weighted by Gasteiger charge is 2.13. The van der Waals surface area contributed by atoms with Crippen molar-refractivity contribution in [3.8, 4) is 22.0 Å². The number of aliphatic hydroxyl groups excluding tert-OH is 1. The molecule has 2 aromatic heterocycles. The Morgan fingerprint density at radius 2 is 1.96 bits per heavy atom. The summed E-state index contributed by atoms with van der Waals surface area (Å²) in [4.78, 5) is 5.56. The van der Waals surface area contributed by atoms with Gasteiger partial charge in [0.25, 0.3) is 0 Å². The maximum atomic E-state index is 8.96. The Hall–Kier alpha value is -2.02. The Kier molecular flexibility index (Phi) is 5.17. The van der Waals surface area contributed by atoms with Crippen molar-refractivity contribution >= 4 is 28.8 Å². The highest BCUT2D eigenvalue weighted by Crippen LogP contribution is 2.28. The highest BCUT2D eigenvalue weighted by atomic mass is 35.5. The second-order valence-corrected chi connectivity index (χ2v) is 6.20. The van der Waals surface area contributed by atoms with Crippen LogP contribution >= 0.6 is 22.9 Å². The van der Waals surface area contributed by atoms with Gasteiger partial charge in [0.05, 0.1) is 4.88 Å². The summed E-state index contributed by atoms with van der Waals surface area (Å²) in [7, 11) is 0. The van der Waals surface area contributed by atoms with E-state index in [4.69, 9.17) is 16.7 Å². The third kappa shape index (κ3) is 3.85. The first-order valence-electron chi connectivity index (χ1n) is 7.17. The second-order valence-electron chi connectivity index (χ2n) is 4.82. The van der Waals surface area contributed by atoms with Gasteiger partial charge in [0.1, 0.15) is 5.69 Å². The van der Waals surface area contributed by atoms with Crippen molar-refractivity contribution in [1.29, 1.82) is 0 Å². The summed E-state index contributed by atoms with van der Waals surface area (Å²) in [5, 5.41) is 23.4. The Balaban J connectivity index is 1.98. The predicted octanol–water partition coefficient (Wildman–Crippen LogP) is 3.71. The van der Waals surface area contributed by atoms with Crippen LogP contribution in [0.4, 0.5) is 5.82 Å². The van der Waals surface area contributed by atoms with Crippen LogP contribution in [0.5, 0.6) is 0 Å². The normalized spacial score (nSPS) is 10.7. The summed E-state index contributed by atoms with van der Waals surface area (Å²) in [5.41, 5.74) is 1.55. The van der Waals surface area contributed by atoms with Gasteiger partial charge in [0.2, 0.25) is 0 Å². The molecule has 0 fully saturated rings. The first-order valence-corrected chi connectivity index (χ1v) is 8.43. The molecule has 118 valence electrons. The van der Waals surface area contributed by atoms with E-state index in [2.05, 4.69) is 20.5 Å². The van der Waals surface area contributed by atoms with Crippen LogP contribution in [-0.4, -0.2) is 33.4 Å². The Morgan fingerprint density at radius 3 is 2.65 bits per heavy atom. The predicted molar refractivity (Wildman–Crippen MR) is 93.8 cm³/mol. The second kappa shape index (κ2) is 7.50. The fourth-order valence-electron chi connectivity index (χ4n) is 2.05. The molecule has 0 saturated heterocycles. The molecule has 5 nitrogen and oxygen atoms in total. The maximum absolute atomic E-state index is 8.96. The molecular formula is C16H15ClN4OS. The topological polar surface area (TPSA) is 70.9 Å². The molecule has 0 aliphatic heterocycles. The Labute approximate surface area is 143 Å². The molecule has 2 heterocycles. The quantitative estimate of drug-likeness (QED) is 0.666. The van der Waals surface area contributed by atoms with Crippen molar-refractivity contribution in [3.05, 3.63) is 46.8 Å². The van der Waals surface area contributed by atoms with Gasteiger partial charge in [-0.15, -0.1) is 21.5 Å². The van der Waals surface area contributed by atoms with Crippen molar-refractivity contribution in [1.82, 2.24) is 15.2 Å². The van der Waals surface area contributed by atoms with E-state index in [1.54, 1.807) is 11.3 Å². The molecule has 0 unspecified atom stereocenters. The van der Waals surface area contributed by atoms with E-state index < -0.39 is 0 Å². The van der Waals surface area contributed by atoms with Gasteiger partial charge in [0, 0.05) is 23.7 Å². The summed E-state index contributed by atoms with van der Waals surface area (Å²) in [6, 6.07) is 11.3. The summed E-state index contributed by atoms with van der Waals surface area (Å²) >= 11 is 7.51. The number of rotatable bonds is 6. The van der Waals surface area contributed by atoms with Gasteiger partial charge in [-0.05, 0) is 30.0 Å². The SMILES string of the molecule is OCCCNc1nc(-c2cccs2)nnc1-c1ccc(Cl)cc1. The molecule has 0 saturated carbocycles. The Bertz CT molecular complexity index is 762. The summed E-state index contributed by atoms with van der Waals surface area (Å²) in [5.74, 6) is 1.24. The van der Waals surface area contributed by atoms with E-state index in [9.17, 15) is 0 Å². The third-order valence-electron chi connectivity index (χ3n) is 3.17. The number of hydrogen-bond donors (Lipinski definition) is 2. The number of nitrogens with one attached hydrogen (secondary N) is 1. The number of aliphatic hydroxyl groups is 1. The average Bonchev–Trinajstić information content (AvgIpc) is 3.10. The van der Waals surface area contributed by atoms with Crippen LogP contribution in [0.25, 0.3) is 22.0 Å². The molecule has 23 heavy (non-hydrogen) atoms.